The molecule has 0 radical (unpaired) electrons. The van der Waals surface area contributed by atoms with Gasteiger partial charge in [0.15, 0.2) is 5.79 Å². The molecule has 3 nitrogen and oxygen atoms in total. The van der Waals surface area contributed by atoms with Crippen molar-refractivity contribution in [2.45, 2.75) is 58.5 Å². The lowest BCUT2D eigenvalue weighted by Crippen LogP contribution is -2.40. The highest BCUT2D eigenvalue weighted by Gasteiger charge is 2.46. The van der Waals surface area contributed by atoms with Gasteiger partial charge in [-0.15, -0.1) is 0 Å². The molecule has 1 spiro atoms. The summed E-state index contributed by atoms with van der Waals surface area (Å²) in [5, 5.41) is 0. The number of nitrogens with zero attached hydrogens (tertiary/aromatic N) is 1. The molecule has 1 saturated heterocycles. The lowest BCUT2D eigenvalue weighted by Gasteiger charge is -2.39. The van der Waals surface area contributed by atoms with Gasteiger partial charge in [0.25, 0.3) is 0 Å². The number of hydrogen-bond acceptors (Lipinski definition) is 3. The highest BCUT2D eigenvalue weighted by Crippen LogP contribution is 2.42. The summed E-state index contributed by atoms with van der Waals surface area (Å²) < 4.78 is 12.6. The number of rotatable bonds is 5. The molecule has 3 heteroatoms. The molecule has 0 aromatic heterocycles. The fraction of sp³-hybridized carbons (Fsp3) is 0.700. The van der Waals surface area contributed by atoms with Gasteiger partial charge in [-0.1, -0.05) is 51.1 Å². The van der Waals surface area contributed by atoms with E-state index in [0.29, 0.717) is 5.92 Å². The smallest absolute Gasteiger partial charge is 0.169 e. The van der Waals surface area contributed by atoms with Gasteiger partial charge in [0.2, 0.25) is 0 Å². The van der Waals surface area contributed by atoms with Crippen molar-refractivity contribution < 1.29 is 9.47 Å². The third-order valence-electron chi connectivity index (χ3n) is 5.66. The second-order valence-corrected chi connectivity index (χ2v) is 7.47. The van der Waals surface area contributed by atoms with Gasteiger partial charge in [-0.2, -0.15) is 0 Å². The van der Waals surface area contributed by atoms with E-state index >= 15 is 0 Å². The molecule has 1 aliphatic heterocycles. The zero-order valence-electron chi connectivity index (χ0n) is 14.8. The minimum atomic E-state index is -0.289. The number of hydrogen-bond donors (Lipinski definition) is 0. The SMILES string of the molecule is CCN(Cc1ccccc1)CC1COC2(CCC(C)C(C)C2)O1. The van der Waals surface area contributed by atoms with Crippen molar-refractivity contribution in [3.05, 3.63) is 35.9 Å². The topological polar surface area (TPSA) is 21.7 Å². The van der Waals surface area contributed by atoms with Crippen LogP contribution >= 0.6 is 0 Å². The maximum absolute atomic E-state index is 6.41. The van der Waals surface area contributed by atoms with E-state index in [1.807, 2.05) is 0 Å². The van der Waals surface area contributed by atoms with E-state index in [1.165, 1.54) is 12.0 Å². The van der Waals surface area contributed by atoms with Crippen molar-refractivity contribution in [2.75, 3.05) is 19.7 Å². The summed E-state index contributed by atoms with van der Waals surface area (Å²) in [5.41, 5.74) is 1.36. The normalized spacial score (nSPS) is 34.3. The predicted molar refractivity (Wildman–Crippen MR) is 93.1 cm³/mol. The van der Waals surface area contributed by atoms with Gasteiger partial charge in [0.05, 0.1) is 12.7 Å². The molecule has 4 unspecified atom stereocenters. The molecule has 0 amide bonds. The van der Waals surface area contributed by atoms with Gasteiger partial charge in [0, 0.05) is 25.9 Å². The molecule has 4 atom stereocenters. The maximum atomic E-state index is 6.41. The van der Waals surface area contributed by atoms with E-state index in [4.69, 9.17) is 9.47 Å². The summed E-state index contributed by atoms with van der Waals surface area (Å²) in [6.45, 7) is 10.6. The molecular weight excluding hydrogens is 286 g/mol. The summed E-state index contributed by atoms with van der Waals surface area (Å²) in [7, 11) is 0. The molecule has 0 bridgehead atoms. The zero-order valence-corrected chi connectivity index (χ0v) is 14.8. The van der Waals surface area contributed by atoms with Crippen LogP contribution in [0.25, 0.3) is 0 Å². The molecule has 2 fully saturated rings. The minimum absolute atomic E-state index is 0.208. The van der Waals surface area contributed by atoms with Crippen LogP contribution in [0.15, 0.2) is 30.3 Å². The molecule has 1 saturated carbocycles. The van der Waals surface area contributed by atoms with Crippen LogP contribution in [-0.4, -0.2) is 36.5 Å². The summed E-state index contributed by atoms with van der Waals surface area (Å²) >= 11 is 0. The first-order chi connectivity index (χ1) is 11.1. The van der Waals surface area contributed by atoms with E-state index in [9.17, 15) is 0 Å². The van der Waals surface area contributed by atoms with Crippen molar-refractivity contribution in [2.24, 2.45) is 11.8 Å². The van der Waals surface area contributed by atoms with Gasteiger partial charge in [-0.05, 0) is 30.4 Å². The van der Waals surface area contributed by atoms with Crippen LogP contribution in [0.4, 0.5) is 0 Å². The molecule has 1 aromatic carbocycles. The lowest BCUT2D eigenvalue weighted by molar-refractivity contribution is -0.202. The Morgan fingerprint density at radius 3 is 2.65 bits per heavy atom. The average Bonchev–Trinajstić information content (AvgIpc) is 2.94. The Morgan fingerprint density at radius 2 is 1.96 bits per heavy atom. The summed E-state index contributed by atoms with van der Waals surface area (Å²) in [6.07, 6.45) is 3.53. The zero-order chi connectivity index (χ0) is 16.3. The van der Waals surface area contributed by atoms with Gasteiger partial charge in [-0.25, -0.2) is 0 Å². The van der Waals surface area contributed by atoms with Crippen LogP contribution in [0.3, 0.4) is 0 Å². The third-order valence-corrected chi connectivity index (χ3v) is 5.66. The van der Waals surface area contributed by atoms with E-state index < -0.39 is 0 Å². The van der Waals surface area contributed by atoms with Gasteiger partial charge in [0.1, 0.15) is 0 Å². The van der Waals surface area contributed by atoms with Crippen molar-refractivity contribution in [1.82, 2.24) is 4.90 Å². The van der Waals surface area contributed by atoms with Crippen molar-refractivity contribution in [3.8, 4) is 0 Å². The van der Waals surface area contributed by atoms with E-state index in [1.54, 1.807) is 0 Å². The second-order valence-electron chi connectivity index (χ2n) is 7.47. The molecule has 128 valence electrons. The van der Waals surface area contributed by atoms with Gasteiger partial charge in [-0.3, -0.25) is 4.90 Å². The number of benzene rings is 1. The highest BCUT2D eigenvalue weighted by atomic mass is 16.7. The van der Waals surface area contributed by atoms with E-state index in [2.05, 4.69) is 56.0 Å². The number of ether oxygens (including phenoxy) is 2. The molecule has 1 aliphatic carbocycles. The largest absolute Gasteiger partial charge is 0.347 e. The van der Waals surface area contributed by atoms with Crippen molar-refractivity contribution in [1.29, 1.82) is 0 Å². The average molecular weight is 317 g/mol. The summed E-state index contributed by atoms with van der Waals surface area (Å²) in [4.78, 5) is 2.46. The first-order valence-electron chi connectivity index (χ1n) is 9.18. The first-order valence-corrected chi connectivity index (χ1v) is 9.18. The second kappa shape index (κ2) is 7.33. The van der Waals surface area contributed by atoms with Crippen LogP contribution in [-0.2, 0) is 16.0 Å². The monoisotopic (exact) mass is 317 g/mol. The summed E-state index contributed by atoms with van der Waals surface area (Å²) in [6, 6.07) is 10.7. The molecule has 0 N–H and O–H groups in total. The first kappa shape index (κ1) is 16.9. The standard InChI is InChI=1S/C20H31NO2/c1-4-21(13-18-8-6-5-7-9-18)14-19-15-22-20(23-19)11-10-16(2)17(3)12-20/h5-9,16-17,19H,4,10-15H2,1-3H3. The van der Waals surface area contributed by atoms with Gasteiger partial charge >= 0.3 is 0 Å². The van der Waals surface area contributed by atoms with Crippen molar-refractivity contribution >= 4 is 0 Å². The van der Waals surface area contributed by atoms with Crippen LogP contribution < -0.4 is 0 Å². The predicted octanol–water partition coefficient (Wildman–Crippen LogP) is 4.08. The highest BCUT2D eigenvalue weighted by molar-refractivity contribution is 5.14. The molecule has 23 heavy (non-hydrogen) atoms. The lowest BCUT2D eigenvalue weighted by atomic mass is 9.78. The van der Waals surface area contributed by atoms with Crippen LogP contribution in [0.1, 0.15) is 45.6 Å². The maximum Gasteiger partial charge on any atom is 0.169 e. The minimum Gasteiger partial charge on any atom is -0.347 e. The van der Waals surface area contributed by atoms with Crippen LogP contribution in [0.2, 0.25) is 0 Å². The Morgan fingerprint density at radius 1 is 1.17 bits per heavy atom. The Hall–Kier alpha value is -0.900. The molecule has 1 aromatic rings. The Bertz CT molecular complexity index is 492. The molecule has 1 heterocycles. The van der Waals surface area contributed by atoms with E-state index in [-0.39, 0.29) is 11.9 Å². The van der Waals surface area contributed by atoms with Crippen molar-refractivity contribution in [3.63, 3.8) is 0 Å². The fourth-order valence-corrected chi connectivity index (χ4v) is 3.91. The molecule has 3 rings (SSSR count). The quantitative estimate of drug-likeness (QED) is 0.817. The summed E-state index contributed by atoms with van der Waals surface area (Å²) in [5.74, 6) is 1.19. The van der Waals surface area contributed by atoms with E-state index in [0.717, 1.165) is 45.0 Å². The Kier molecular flexibility index (Phi) is 5.40. The molecular formula is C20H31NO2. The molecule has 2 aliphatic rings. The van der Waals surface area contributed by atoms with Gasteiger partial charge < -0.3 is 9.47 Å². The Balaban J connectivity index is 1.54. The van der Waals surface area contributed by atoms with Crippen LogP contribution in [0, 0.1) is 11.8 Å². The number of likely N-dealkylation sites (N-methyl/N-ethyl adjacent to an activating group) is 1. The Labute approximate surface area is 141 Å². The fourth-order valence-electron chi connectivity index (χ4n) is 3.91. The third kappa shape index (κ3) is 4.14. The van der Waals surface area contributed by atoms with Crippen LogP contribution in [0.5, 0.6) is 0 Å².